The van der Waals surface area contributed by atoms with Gasteiger partial charge in [-0.3, -0.25) is 5.01 Å². The quantitative estimate of drug-likeness (QED) is 0.591. The maximum absolute atomic E-state index is 5.46. The molecule has 2 atom stereocenters. The molecule has 2 nitrogen and oxygen atoms in total. The lowest BCUT2D eigenvalue weighted by atomic mass is 9.81. The summed E-state index contributed by atoms with van der Waals surface area (Å²) in [4.78, 5) is 0. The normalized spacial score (nSPS) is 35.4. The Labute approximate surface area is 143 Å². The Morgan fingerprint density at radius 2 is 1.17 bits per heavy atom. The third-order valence-electron chi connectivity index (χ3n) is 7.25. The van der Waals surface area contributed by atoms with Gasteiger partial charge in [0.15, 0.2) is 0 Å². The summed E-state index contributed by atoms with van der Waals surface area (Å²) in [7, 11) is 0. The molecule has 4 rings (SSSR count). The van der Waals surface area contributed by atoms with E-state index in [-0.39, 0.29) is 0 Å². The zero-order valence-electron chi connectivity index (χ0n) is 15.0. The molecule has 0 aliphatic heterocycles. The van der Waals surface area contributed by atoms with E-state index < -0.39 is 0 Å². The highest BCUT2D eigenvalue weighted by Crippen LogP contribution is 2.41. The van der Waals surface area contributed by atoms with Crippen LogP contribution in [0.25, 0.3) is 0 Å². The standard InChI is InChI=1S/C21H36N2/c1-3-10-18(11-4-1)23(19-12-5-2-6-13-19)22-21-16-15-17-9-7-8-14-20(17)21/h17-20H,1-16H2/b22-21+. The molecule has 130 valence electrons. The number of fused-ring (bicyclic) bond motifs is 1. The third-order valence-corrected chi connectivity index (χ3v) is 7.25. The SMILES string of the molecule is C1CCC(N(/N=C2\CCC3CCCCC23)C2CCCCC2)CC1. The summed E-state index contributed by atoms with van der Waals surface area (Å²) in [5, 5.41) is 8.14. The van der Waals surface area contributed by atoms with Crippen LogP contribution in [0.3, 0.4) is 0 Å². The predicted octanol–water partition coefficient (Wildman–Crippen LogP) is 5.91. The van der Waals surface area contributed by atoms with Crippen LogP contribution >= 0.6 is 0 Å². The molecule has 0 radical (unpaired) electrons. The van der Waals surface area contributed by atoms with E-state index in [0.29, 0.717) is 0 Å². The Balaban J connectivity index is 1.52. The van der Waals surface area contributed by atoms with Crippen LogP contribution in [-0.2, 0) is 0 Å². The summed E-state index contributed by atoms with van der Waals surface area (Å²) in [6, 6.07) is 1.53. The molecule has 2 heteroatoms. The lowest BCUT2D eigenvalue weighted by Crippen LogP contribution is -2.42. The van der Waals surface area contributed by atoms with Gasteiger partial charge in [-0.15, -0.1) is 0 Å². The van der Waals surface area contributed by atoms with Crippen molar-refractivity contribution >= 4 is 5.71 Å². The highest BCUT2D eigenvalue weighted by Gasteiger charge is 2.36. The van der Waals surface area contributed by atoms with Gasteiger partial charge in [-0.05, 0) is 57.3 Å². The van der Waals surface area contributed by atoms with Crippen LogP contribution in [0, 0.1) is 11.8 Å². The Bertz CT molecular complexity index is 386. The number of nitrogens with zero attached hydrogens (tertiary/aromatic N) is 2. The van der Waals surface area contributed by atoms with Gasteiger partial charge in [0, 0.05) is 23.7 Å². The largest absolute Gasteiger partial charge is 0.291 e. The van der Waals surface area contributed by atoms with Crippen molar-refractivity contribution in [1.29, 1.82) is 0 Å². The van der Waals surface area contributed by atoms with Crippen molar-refractivity contribution in [2.75, 3.05) is 0 Å². The smallest absolute Gasteiger partial charge is 0.0473 e. The van der Waals surface area contributed by atoms with Crippen LogP contribution in [0.2, 0.25) is 0 Å². The van der Waals surface area contributed by atoms with Crippen molar-refractivity contribution in [3.05, 3.63) is 0 Å². The molecular formula is C21H36N2. The van der Waals surface area contributed by atoms with E-state index in [4.69, 9.17) is 5.10 Å². The summed E-state index contributed by atoms with van der Waals surface area (Å²) in [5.74, 6) is 1.85. The average molecular weight is 317 g/mol. The monoisotopic (exact) mass is 316 g/mol. The minimum absolute atomic E-state index is 0.766. The lowest BCUT2D eigenvalue weighted by molar-refractivity contribution is 0.0836. The van der Waals surface area contributed by atoms with Crippen LogP contribution in [0.5, 0.6) is 0 Å². The highest BCUT2D eigenvalue weighted by molar-refractivity contribution is 5.88. The first-order valence-corrected chi connectivity index (χ1v) is 10.8. The van der Waals surface area contributed by atoms with Gasteiger partial charge in [-0.1, -0.05) is 51.4 Å². The molecular weight excluding hydrogens is 280 g/mol. The molecule has 4 aliphatic carbocycles. The Kier molecular flexibility index (Phi) is 5.26. The number of hydrogen-bond acceptors (Lipinski definition) is 2. The average Bonchev–Trinajstić information content (AvgIpc) is 3.04. The second-order valence-corrected chi connectivity index (χ2v) is 8.74. The molecule has 0 amide bonds. The van der Waals surface area contributed by atoms with Crippen molar-refractivity contribution in [2.45, 2.75) is 115 Å². The fourth-order valence-corrected chi connectivity index (χ4v) is 5.94. The zero-order chi connectivity index (χ0) is 15.5. The van der Waals surface area contributed by atoms with E-state index in [0.717, 1.165) is 23.9 Å². The summed E-state index contributed by atoms with van der Waals surface area (Å²) < 4.78 is 0. The van der Waals surface area contributed by atoms with Gasteiger partial charge in [-0.2, -0.15) is 5.10 Å². The van der Waals surface area contributed by atoms with Gasteiger partial charge in [0.05, 0.1) is 0 Å². The number of hydrazone groups is 1. The first-order valence-electron chi connectivity index (χ1n) is 10.8. The molecule has 2 unspecified atom stereocenters. The molecule has 4 fully saturated rings. The van der Waals surface area contributed by atoms with Gasteiger partial charge in [-0.25, -0.2) is 0 Å². The summed E-state index contributed by atoms with van der Waals surface area (Å²) in [6.07, 6.45) is 22.9. The fraction of sp³-hybridized carbons (Fsp3) is 0.952. The van der Waals surface area contributed by atoms with Gasteiger partial charge in [0.25, 0.3) is 0 Å². The lowest BCUT2D eigenvalue weighted by Gasteiger charge is -2.40. The summed E-state index contributed by atoms with van der Waals surface area (Å²) in [5.41, 5.74) is 1.62. The van der Waals surface area contributed by atoms with Gasteiger partial charge >= 0.3 is 0 Å². The molecule has 0 bridgehead atoms. The maximum Gasteiger partial charge on any atom is 0.0473 e. The number of rotatable bonds is 3. The zero-order valence-corrected chi connectivity index (χ0v) is 15.0. The van der Waals surface area contributed by atoms with Crippen molar-refractivity contribution in [3.8, 4) is 0 Å². The molecule has 0 aromatic carbocycles. The van der Waals surface area contributed by atoms with Gasteiger partial charge in [0.1, 0.15) is 0 Å². The van der Waals surface area contributed by atoms with E-state index in [1.54, 1.807) is 5.71 Å². The molecule has 0 spiro atoms. The molecule has 4 saturated carbocycles. The molecule has 4 aliphatic rings. The van der Waals surface area contributed by atoms with Gasteiger partial charge in [0.2, 0.25) is 0 Å². The molecule has 23 heavy (non-hydrogen) atoms. The highest BCUT2D eigenvalue weighted by atomic mass is 15.5. The van der Waals surface area contributed by atoms with E-state index >= 15 is 0 Å². The Hall–Kier alpha value is -0.530. The van der Waals surface area contributed by atoms with Crippen LogP contribution in [0.15, 0.2) is 5.10 Å². The van der Waals surface area contributed by atoms with Crippen LogP contribution < -0.4 is 0 Å². The maximum atomic E-state index is 5.46. The molecule has 0 saturated heterocycles. The first kappa shape index (κ1) is 16.0. The second kappa shape index (κ2) is 7.57. The predicted molar refractivity (Wildman–Crippen MR) is 97.7 cm³/mol. The summed E-state index contributed by atoms with van der Waals surface area (Å²) >= 11 is 0. The molecule has 0 aromatic rings. The second-order valence-electron chi connectivity index (χ2n) is 8.74. The molecule has 0 heterocycles. The van der Waals surface area contributed by atoms with Crippen LogP contribution in [0.1, 0.15) is 103 Å². The van der Waals surface area contributed by atoms with E-state index in [1.807, 2.05) is 0 Å². The van der Waals surface area contributed by atoms with Crippen molar-refractivity contribution in [2.24, 2.45) is 16.9 Å². The first-order chi connectivity index (χ1) is 11.4. The van der Waals surface area contributed by atoms with E-state index in [9.17, 15) is 0 Å². The van der Waals surface area contributed by atoms with Crippen molar-refractivity contribution in [1.82, 2.24) is 5.01 Å². The number of hydrogen-bond donors (Lipinski definition) is 0. The Morgan fingerprint density at radius 3 is 1.83 bits per heavy atom. The van der Waals surface area contributed by atoms with E-state index in [1.165, 1.54) is 103 Å². The third kappa shape index (κ3) is 3.61. The summed E-state index contributed by atoms with van der Waals surface area (Å²) in [6.45, 7) is 0. The molecule has 0 N–H and O–H groups in total. The van der Waals surface area contributed by atoms with Crippen molar-refractivity contribution < 1.29 is 0 Å². The van der Waals surface area contributed by atoms with Crippen LogP contribution in [0.4, 0.5) is 0 Å². The Morgan fingerprint density at radius 1 is 0.609 bits per heavy atom. The fourth-order valence-electron chi connectivity index (χ4n) is 5.94. The molecule has 0 aromatic heterocycles. The minimum atomic E-state index is 0.766. The topological polar surface area (TPSA) is 15.6 Å². The van der Waals surface area contributed by atoms with Crippen molar-refractivity contribution in [3.63, 3.8) is 0 Å². The minimum Gasteiger partial charge on any atom is -0.291 e. The van der Waals surface area contributed by atoms with E-state index in [2.05, 4.69) is 5.01 Å². The van der Waals surface area contributed by atoms with Gasteiger partial charge < -0.3 is 0 Å². The van der Waals surface area contributed by atoms with Crippen LogP contribution in [-0.4, -0.2) is 22.8 Å².